The Labute approximate surface area is 162 Å². The number of ether oxygens (including phenoxy) is 1. The Kier molecular flexibility index (Phi) is 5.53. The molecule has 0 bridgehead atoms. The fourth-order valence-corrected chi connectivity index (χ4v) is 4.38. The lowest BCUT2D eigenvalue weighted by Gasteiger charge is -2.11. The summed E-state index contributed by atoms with van der Waals surface area (Å²) < 4.78 is 45.9. The molecule has 0 aliphatic heterocycles. The van der Waals surface area contributed by atoms with Crippen LogP contribution in [0.4, 0.5) is 4.39 Å². The molecule has 3 aromatic rings. The van der Waals surface area contributed by atoms with Crippen LogP contribution in [0.1, 0.15) is 16.7 Å². The number of methoxy groups -OCH3 is 1. The first-order chi connectivity index (χ1) is 13.2. The summed E-state index contributed by atoms with van der Waals surface area (Å²) in [5.41, 5.74) is 2.06. The lowest BCUT2D eigenvalue weighted by molar-refractivity contribution is 0.418. The van der Waals surface area contributed by atoms with Crippen LogP contribution < -0.4 is 15.0 Å². The van der Waals surface area contributed by atoms with Gasteiger partial charge in [0.15, 0.2) is 0 Å². The van der Waals surface area contributed by atoms with Crippen molar-refractivity contribution in [2.75, 3.05) is 13.7 Å². The van der Waals surface area contributed by atoms with E-state index in [-0.39, 0.29) is 23.4 Å². The average molecular weight is 404 g/mol. The summed E-state index contributed by atoms with van der Waals surface area (Å²) in [6, 6.07) is 8.93. The summed E-state index contributed by atoms with van der Waals surface area (Å²) in [4.78, 5) is 15.2. The Morgan fingerprint density at radius 1 is 1.11 bits per heavy atom. The number of hydrogen-bond donors (Lipinski definition) is 2. The minimum Gasteiger partial charge on any atom is -0.495 e. The van der Waals surface area contributed by atoms with E-state index in [1.807, 2.05) is 13.0 Å². The van der Waals surface area contributed by atoms with Crippen molar-refractivity contribution < 1.29 is 17.5 Å². The molecule has 1 aromatic heterocycles. The molecule has 0 aliphatic rings. The zero-order chi connectivity index (χ0) is 20.5. The highest BCUT2D eigenvalue weighted by Crippen LogP contribution is 2.26. The molecule has 148 valence electrons. The van der Waals surface area contributed by atoms with Crippen LogP contribution in [0, 0.1) is 19.7 Å². The van der Waals surface area contributed by atoms with Crippen molar-refractivity contribution in [3.8, 4) is 5.75 Å². The Bertz CT molecular complexity index is 1200. The van der Waals surface area contributed by atoms with Crippen LogP contribution in [0.2, 0.25) is 0 Å². The van der Waals surface area contributed by atoms with E-state index in [1.54, 1.807) is 12.1 Å². The van der Waals surface area contributed by atoms with Crippen LogP contribution in [0.5, 0.6) is 5.75 Å². The fraction of sp³-hybridized carbons (Fsp3) is 0.250. The molecule has 0 unspecified atom stereocenters. The number of aryl methyl sites for hydroxylation is 2. The molecular weight excluding hydrogens is 383 g/mol. The highest BCUT2D eigenvalue weighted by Gasteiger charge is 2.17. The minimum absolute atomic E-state index is 0.0156. The van der Waals surface area contributed by atoms with E-state index in [1.165, 1.54) is 26.2 Å². The number of pyridine rings is 1. The Morgan fingerprint density at radius 2 is 1.86 bits per heavy atom. The first-order valence-corrected chi connectivity index (χ1v) is 10.2. The second kappa shape index (κ2) is 7.73. The van der Waals surface area contributed by atoms with Crippen molar-refractivity contribution in [3.63, 3.8) is 0 Å². The van der Waals surface area contributed by atoms with Gasteiger partial charge in [-0.2, -0.15) is 0 Å². The summed E-state index contributed by atoms with van der Waals surface area (Å²) in [6.07, 6.45) is 0.210. The number of halogens is 1. The maximum atomic E-state index is 13.2. The van der Waals surface area contributed by atoms with Crippen molar-refractivity contribution in [1.29, 1.82) is 0 Å². The van der Waals surface area contributed by atoms with E-state index in [0.29, 0.717) is 22.4 Å². The smallest absolute Gasteiger partial charge is 0.251 e. The predicted octanol–water partition coefficient (Wildman–Crippen LogP) is 2.81. The molecular formula is C20H21FN2O4S. The molecule has 28 heavy (non-hydrogen) atoms. The molecule has 6 nitrogen and oxygen atoms in total. The second-order valence-corrected chi connectivity index (χ2v) is 8.29. The van der Waals surface area contributed by atoms with Crippen LogP contribution in [0.25, 0.3) is 10.9 Å². The molecule has 0 fully saturated rings. The number of fused-ring (bicyclic) bond motifs is 1. The lowest BCUT2D eigenvalue weighted by Crippen LogP contribution is -2.28. The van der Waals surface area contributed by atoms with Gasteiger partial charge in [0.25, 0.3) is 5.56 Å². The molecule has 0 spiro atoms. The maximum Gasteiger partial charge on any atom is 0.251 e. The Hall–Kier alpha value is -2.71. The van der Waals surface area contributed by atoms with E-state index in [0.717, 1.165) is 17.0 Å². The predicted molar refractivity (Wildman–Crippen MR) is 106 cm³/mol. The fourth-order valence-electron chi connectivity index (χ4n) is 3.12. The molecule has 0 saturated carbocycles. The highest BCUT2D eigenvalue weighted by molar-refractivity contribution is 7.89. The van der Waals surface area contributed by atoms with Gasteiger partial charge >= 0.3 is 0 Å². The largest absolute Gasteiger partial charge is 0.495 e. The first-order valence-electron chi connectivity index (χ1n) is 8.68. The molecule has 0 saturated heterocycles. The summed E-state index contributed by atoms with van der Waals surface area (Å²) in [5.74, 6) is 0.0710. The summed E-state index contributed by atoms with van der Waals surface area (Å²) >= 11 is 0. The quantitative estimate of drug-likeness (QED) is 0.661. The number of H-pyrrole nitrogens is 1. The number of aromatic nitrogens is 1. The summed E-state index contributed by atoms with van der Waals surface area (Å²) in [6.45, 7) is 3.49. The van der Waals surface area contributed by atoms with Crippen molar-refractivity contribution in [3.05, 3.63) is 69.3 Å². The SMILES string of the molecule is COc1ccc(C)c2cc(CCNS(=O)(=O)c3ccc(F)cc3C)c(=O)[nH]c12. The molecule has 0 aliphatic carbocycles. The van der Waals surface area contributed by atoms with E-state index < -0.39 is 15.8 Å². The van der Waals surface area contributed by atoms with Crippen LogP contribution in [-0.4, -0.2) is 27.1 Å². The minimum atomic E-state index is -3.80. The summed E-state index contributed by atoms with van der Waals surface area (Å²) in [7, 11) is -2.27. The van der Waals surface area contributed by atoms with Crippen molar-refractivity contribution in [1.82, 2.24) is 9.71 Å². The molecule has 8 heteroatoms. The third-order valence-corrected chi connectivity index (χ3v) is 6.23. The highest BCUT2D eigenvalue weighted by atomic mass is 32.2. The van der Waals surface area contributed by atoms with E-state index in [2.05, 4.69) is 9.71 Å². The number of benzene rings is 2. The molecule has 0 amide bonds. The standard InChI is InChI=1S/C20H21FN2O4S/c1-12-4-6-17(27-3)19-16(12)11-14(20(24)23-19)8-9-22-28(25,26)18-7-5-15(21)10-13(18)2/h4-7,10-11,22H,8-9H2,1-3H3,(H,23,24). The zero-order valence-electron chi connectivity index (χ0n) is 15.8. The van der Waals surface area contributed by atoms with E-state index >= 15 is 0 Å². The van der Waals surface area contributed by atoms with Crippen LogP contribution in [0.15, 0.2) is 46.1 Å². The van der Waals surface area contributed by atoms with Gasteiger partial charge in [-0.1, -0.05) is 6.07 Å². The van der Waals surface area contributed by atoms with Crippen molar-refractivity contribution in [2.24, 2.45) is 0 Å². The van der Waals surface area contributed by atoms with Gasteiger partial charge in [0.2, 0.25) is 10.0 Å². The first kappa shape index (κ1) is 20.0. The molecule has 0 atom stereocenters. The van der Waals surface area contributed by atoms with Crippen LogP contribution >= 0.6 is 0 Å². The van der Waals surface area contributed by atoms with Gasteiger partial charge < -0.3 is 9.72 Å². The number of hydrogen-bond acceptors (Lipinski definition) is 4. The third kappa shape index (κ3) is 3.93. The number of rotatable bonds is 6. The molecule has 2 N–H and O–H groups in total. The average Bonchev–Trinajstić information content (AvgIpc) is 2.62. The molecule has 0 radical (unpaired) electrons. The normalized spacial score (nSPS) is 11.7. The van der Waals surface area contributed by atoms with Crippen molar-refractivity contribution >= 4 is 20.9 Å². The number of nitrogens with one attached hydrogen (secondary N) is 2. The Morgan fingerprint density at radius 3 is 2.54 bits per heavy atom. The van der Waals surface area contributed by atoms with Gasteiger partial charge in [0.05, 0.1) is 17.5 Å². The van der Waals surface area contributed by atoms with Gasteiger partial charge in [0, 0.05) is 17.5 Å². The number of sulfonamides is 1. The monoisotopic (exact) mass is 404 g/mol. The topological polar surface area (TPSA) is 88.3 Å². The van der Waals surface area contributed by atoms with Gasteiger partial charge in [-0.05, 0) is 61.7 Å². The van der Waals surface area contributed by atoms with E-state index in [9.17, 15) is 17.6 Å². The number of aromatic amines is 1. The van der Waals surface area contributed by atoms with Crippen molar-refractivity contribution in [2.45, 2.75) is 25.2 Å². The van der Waals surface area contributed by atoms with Crippen LogP contribution in [0.3, 0.4) is 0 Å². The third-order valence-electron chi connectivity index (χ3n) is 4.61. The lowest BCUT2D eigenvalue weighted by atomic mass is 10.1. The van der Waals surface area contributed by atoms with E-state index in [4.69, 9.17) is 4.74 Å². The molecule has 2 aromatic carbocycles. The maximum absolute atomic E-state index is 13.2. The summed E-state index contributed by atoms with van der Waals surface area (Å²) in [5, 5.41) is 0.839. The van der Waals surface area contributed by atoms with Gasteiger partial charge in [-0.3, -0.25) is 4.79 Å². The van der Waals surface area contributed by atoms with Gasteiger partial charge in [0.1, 0.15) is 11.6 Å². The van der Waals surface area contributed by atoms with Crippen LogP contribution in [-0.2, 0) is 16.4 Å². The van der Waals surface area contributed by atoms with Gasteiger partial charge in [-0.15, -0.1) is 0 Å². The molecule has 1 heterocycles. The van der Waals surface area contributed by atoms with Gasteiger partial charge in [-0.25, -0.2) is 17.5 Å². The Balaban J connectivity index is 1.83. The second-order valence-electron chi connectivity index (χ2n) is 6.55. The zero-order valence-corrected chi connectivity index (χ0v) is 16.6. The molecule has 3 rings (SSSR count).